The van der Waals surface area contributed by atoms with E-state index in [0.717, 1.165) is 22.5 Å². The fourth-order valence-electron chi connectivity index (χ4n) is 8.63. The Balaban J connectivity index is 1.32. The number of hydrogen-bond donors (Lipinski definition) is 0. The Hall–Kier alpha value is -6.59. The molecule has 0 bridgehead atoms. The van der Waals surface area contributed by atoms with Gasteiger partial charge < -0.3 is 4.57 Å². The van der Waals surface area contributed by atoms with Crippen LogP contribution in [0.25, 0.3) is 27.5 Å². The summed E-state index contributed by atoms with van der Waals surface area (Å²) in [4.78, 5) is 13.9. The first-order valence-electron chi connectivity index (χ1n) is 19.7. The predicted octanol–water partition coefficient (Wildman–Crippen LogP) is 15.0. The van der Waals surface area contributed by atoms with E-state index in [4.69, 9.17) is 0 Å². The third kappa shape index (κ3) is 6.04. The quantitative estimate of drug-likeness (QED) is 0.135. The maximum absolute atomic E-state index is 4.60. The molecule has 8 aromatic carbocycles. The Bertz CT molecular complexity index is 2800. The van der Waals surface area contributed by atoms with E-state index in [9.17, 15) is 0 Å². The van der Waals surface area contributed by atoms with Crippen molar-refractivity contribution in [3.63, 3.8) is 0 Å². The predicted molar refractivity (Wildman–Crippen MR) is 244 cm³/mol. The molecule has 0 atom stereocenters. The average molecular weight is 783 g/mol. The van der Waals surface area contributed by atoms with Gasteiger partial charge in [0, 0.05) is 42.3 Å². The summed E-state index contributed by atoms with van der Waals surface area (Å²) in [6.45, 7) is 0. The van der Waals surface area contributed by atoms with Gasteiger partial charge in [-0.2, -0.15) is 10.0 Å². The van der Waals surface area contributed by atoms with E-state index >= 15 is 0 Å². The van der Waals surface area contributed by atoms with Gasteiger partial charge in [-0.25, -0.2) is 0 Å². The van der Waals surface area contributed by atoms with Gasteiger partial charge in [0.1, 0.15) is 0 Å². The lowest BCUT2D eigenvalue weighted by Crippen LogP contribution is -2.07. The van der Waals surface area contributed by atoms with Crippen LogP contribution in [0.4, 0.5) is 0 Å². The number of nitrogens with zero attached hydrogens (tertiary/aromatic N) is 2. The molecule has 0 fully saturated rings. The van der Waals surface area contributed by atoms with Crippen LogP contribution in [0, 0.1) is 0 Å². The molecular weight excluding hydrogens is 741 g/mol. The Labute approximate surface area is 343 Å². The molecule has 0 amide bonds. The van der Waals surface area contributed by atoms with E-state index in [2.05, 4.69) is 234 Å². The highest BCUT2D eigenvalue weighted by atomic mass is 32.3. The van der Waals surface area contributed by atoms with Crippen molar-refractivity contribution in [1.29, 1.82) is 0 Å². The molecule has 4 heteroatoms. The van der Waals surface area contributed by atoms with Gasteiger partial charge in [0.2, 0.25) is 0 Å². The minimum Gasteiger partial charge on any atom is -0.308 e. The van der Waals surface area contributed by atoms with Crippen molar-refractivity contribution in [1.82, 2.24) is 9.55 Å². The van der Waals surface area contributed by atoms with E-state index in [1.165, 1.54) is 50.6 Å². The molecule has 0 N–H and O–H groups in total. The highest BCUT2D eigenvalue weighted by molar-refractivity contribution is 8.34. The van der Waals surface area contributed by atoms with Crippen LogP contribution in [0.5, 0.6) is 0 Å². The zero-order chi connectivity index (χ0) is 38.8. The van der Waals surface area contributed by atoms with Crippen LogP contribution in [-0.4, -0.2) is 9.55 Å². The molecule has 58 heavy (non-hydrogen) atoms. The molecule has 0 unspecified atom stereocenters. The summed E-state index contributed by atoms with van der Waals surface area (Å²) < 4.78 is 2.40. The largest absolute Gasteiger partial charge is 0.308 e. The topological polar surface area (TPSA) is 17.8 Å². The zero-order valence-corrected chi connectivity index (χ0v) is 33.6. The maximum Gasteiger partial charge on any atom is 0.0645 e. The van der Waals surface area contributed by atoms with Crippen LogP contribution >= 0.6 is 20.1 Å². The summed E-state index contributed by atoms with van der Waals surface area (Å²) in [7, 11) is -3.69. The van der Waals surface area contributed by atoms with Gasteiger partial charge in [0.25, 0.3) is 0 Å². The van der Waals surface area contributed by atoms with Gasteiger partial charge >= 0.3 is 0 Å². The van der Waals surface area contributed by atoms with Crippen LogP contribution in [0.3, 0.4) is 0 Å². The standard InChI is InChI=1S/C54H42N2S2/c1-7-20-42(21-8-1)41-57(44-23-9-2-10-24-44,45-25-11-3-12-26-45)49-33-35-53-51(38-49)52-39-50(34-36-54(52)56(53)43-22-19-37-55-40-43)58(46-27-13-4-14-28-46,47-29-15-5-16-30-47)48-31-17-6-18-32-48/h1-40H,41H2. The average Bonchev–Trinajstić information content (AvgIpc) is 3.64. The number of aromatic nitrogens is 2. The van der Waals surface area contributed by atoms with Gasteiger partial charge in [-0.3, -0.25) is 4.98 Å². The van der Waals surface area contributed by atoms with Gasteiger partial charge in [-0.05, 0) is 129 Å². The van der Waals surface area contributed by atoms with Gasteiger partial charge in [-0.1, -0.05) is 121 Å². The number of fused-ring (bicyclic) bond motifs is 3. The van der Waals surface area contributed by atoms with E-state index in [0.29, 0.717) is 0 Å². The fraction of sp³-hybridized carbons (Fsp3) is 0.0185. The minimum absolute atomic E-state index is 0.892. The Kier molecular flexibility index (Phi) is 9.50. The summed E-state index contributed by atoms with van der Waals surface area (Å²) in [5, 5.41) is 2.46. The van der Waals surface area contributed by atoms with Crippen LogP contribution < -0.4 is 0 Å². The monoisotopic (exact) mass is 782 g/mol. The SMILES string of the molecule is c1ccc(CS(c2ccccc2)(c2ccccc2)c2ccc3c(c2)c2cc(S(c4ccccc4)(c4ccccc4)c4ccccc4)ccc2n3-c2cccnc2)cc1. The summed E-state index contributed by atoms with van der Waals surface area (Å²) in [6, 6.07) is 85.6. The van der Waals surface area contributed by atoms with Crippen molar-refractivity contribution in [2.75, 3.05) is 0 Å². The molecule has 10 rings (SSSR count). The van der Waals surface area contributed by atoms with E-state index in [-0.39, 0.29) is 0 Å². The highest BCUT2D eigenvalue weighted by Crippen LogP contribution is 2.74. The zero-order valence-electron chi connectivity index (χ0n) is 32.0. The smallest absolute Gasteiger partial charge is 0.0645 e. The lowest BCUT2D eigenvalue weighted by molar-refractivity contribution is 1.14. The van der Waals surface area contributed by atoms with Crippen LogP contribution in [0.1, 0.15) is 5.56 Å². The van der Waals surface area contributed by atoms with Crippen LogP contribution in [0.2, 0.25) is 0 Å². The molecule has 0 saturated carbocycles. The van der Waals surface area contributed by atoms with Crippen LogP contribution in [-0.2, 0) is 5.75 Å². The first kappa shape index (κ1) is 35.8. The lowest BCUT2D eigenvalue weighted by atomic mass is 10.1. The van der Waals surface area contributed by atoms with Crippen molar-refractivity contribution < 1.29 is 0 Å². The van der Waals surface area contributed by atoms with Gasteiger partial charge in [0.05, 0.1) is 22.9 Å². The van der Waals surface area contributed by atoms with Crippen molar-refractivity contribution >= 4 is 41.9 Å². The molecule has 0 saturated heterocycles. The van der Waals surface area contributed by atoms with Gasteiger partial charge in [-0.15, -0.1) is 10.0 Å². The molecular formula is C54H42N2S2. The Morgan fingerprint density at radius 3 is 1.22 bits per heavy atom. The third-order valence-corrected chi connectivity index (χ3v) is 19.1. The molecule has 280 valence electrons. The number of hydrogen-bond acceptors (Lipinski definition) is 1. The highest BCUT2D eigenvalue weighted by Gasteiger charge is 2.35. The maximum atomic E-state index is 4.60. The second-order valence-corrected chi connectivity index (χ2v) is 20.7. The first-order valence-corrected chi connectivity index (χ1v) is 23.1. The molecule has 2 heterocycles. The number of rotatable bonds is 10. The van der Waals surface area contributed by atoms with Gasteiger partial charge in [0.15, 0.2) is 0 Å². The molecule has 0 spiro atoms. The molecule has 0 radical (unpaired) electrons. The number of benzene rings is 8. The third-order valence-electron chi connectivity index (χ3n) is 11.2. The molecule has 0 aliphatic heterocycles. The van der Waals surface area contributed by atoms with E-state index < -0.39 is 20.1 Å². The molecule has 2 nitrogen and oxygen atoms in total. The van der Waals surface area contributed by atoms with Crippen LogP contribution in [0.15, 0.2) is 277 Å². The summed E-state index contributed by atoms with van der Waals surface area (Å²) in [5.74, 6) is 0.892. The second-order valence-electron chi connectivity index (χ2n) is 14.5. The van der Waals surface area contributed by atoms with E-state index in [1.807, 2.05) is 18.5 Å². The van der Waals surface area contributed by atoms with Crippen molar-refractivity contribution in [2.24, 2.45) is 0 Å². The fourth-order valence-corrected chi connectivity index (χ4v) is 16.4. The summed E-state index contributed by atoms with van der Waals surface area (Å²) in [6.07, 6.45) is 3.83. The Morgan fingerprint density at radius 1 is 0.362 bits per heavy atom. The summed E-state index contributed by atoms with van der Waals surface area (Å²) in [5.41, 5.74) is 4.70. The van der Waals surface area contributed by atoms with Crippen molar-refractivity contribution in [3.05, 3.63) is 248 Å². The Morgan fingerprint density at radius 2 is 0.776 bits per heavy atom. The van der Waals surface area contributed by atoms with Crippen molar-refractivity contribution in [2.45, 2.75) is 40.0 Å². The molecule has 0 aliphatic carbocycles. The minimum atomic E-state index is -1.91. The first-order chi connectivity index (χ1) is 28.8. The number of pyridine rings is 1. The lowest BCUT2D eigenvalue weighted by Gasteiger charge is -2.42. The molecule has 2 aromatic heterocycles. The van der Waals surface area contributed by atoms with E-state index in [1.54, 1.807) is 0 Å². The normalized spacial score (nSPS) is 12.4. The molecule has 10 aromatic rings. The van der Waals surface area contributed by atoms with Crippen molar-refractivity contribution in [3.8, 4) is 5.69 Å². The summed E-state index contributed by atoms with van der Waals surface area (Å²) >= 11 is 0. The second kappa shape index (κ2) is 15.4. The molecule has 0 aliphatic rings.